The third-order valence-corrected chi connectivity index (χ3v) is 4.38. The van der Waals surface area contributed by atoms with E-state index in [1.165, 1.54) is 0 Å². The monoisotopic (exact) mass is 313 g/mol. The normalized spacial score (nSPS) is 19.0. The number of carbonyl (C=O) groups excluding carboxylic acids is 1. The second-order valence-corrected chi connectivity index (χ2v) is 6.17. The van der Waals surface area contributed by atoms with Gasteiger partial charge in [0, 0.05) is 36.3 Å². The minimum absolute atomic E-state index is 0.126. The summed E-state index contributed by atoms with van der Waals surface area (Å²) in [5, 5.41) is 3.34. The van der Waals surface area contributed by atoms with Crippen LogP contribution in [0.25, 0.3) is 0 Å². The molecule has 0 bridgehead atoms. The molecule has 100 valence electrons. The van der Waals surface area contributed by atoms with Gasteiger partial charge in [-0.15, -0.1) is 0 Å². The van der Waals surface area contributed by atoms with Gasteiger partial charge in [-0.1, -0.05) is 0 Å². The number of amides is 1. The third-order valence-electron chi connectivity index (χ3n) is 3.95. The molecule has 1 aliphatic rings. The van der Waals surface area contributed by atoms with Crippen molar-refractivity contribution in [3.05, 3.63) is 22.4 Å². The van der Waals surface area contributed by atoms with E-state index >= 15 is 0 Å². The van der Waals surface area contributed by atoms with Crippen LogP contribution in [0.2, 0.25) is 0 Å². The number of nitrogens with one attached hydrogen (secondary N) is 1. The highest BCUT2D eigenvalue weighted by Crippen LogP contribution is 2.23. The minimum atomic E-state index is 0.126. The second kappa shape index (κ2) is 5.05. The highest BCUT2D eigenvalue weighted by atomic mass is 79.9. The highest BCUT2D eigenvalue weighted by Gasteiger charge is 2.31. The van der Waals surface area contributed by atoms with Crippen LogP contribution in [0.5, 0.6) is 0 Å². The number of halogens is 1. The summed E-state index contributed by atoms with van der Waals surface area (Å²) in [7, 11) is 3.89. The van der Waals surface area contributed by atoms with Crippen molar-refractivity contribution in [2.24, 2.45) is 7.05 Å². The fourth-order valence-corrected chi connectivity index (χ4v) is 2.88. The number of piperidine rings is 1. The van der Waals surface area contributed by atoms with Crippen molar-refractivity contribution in [1.29, 1.82) is 0 Å². The highest BCUT2D eigenvalue weighted by molar-refractivity contribution is 9.10. The lowest BCUT2D eigenvalue weighted by molar-refractivity contribution is 0.0652. The number of aryl methyl sites for hydroxylation is 1. The standard InChI is InChI=1S/C13H20BrN3O/c1-13(15-2)4-6-17(7-5-13)12(18)11-8-10(14)9-16(11)3/h8-9,15H,4-7H2,1-3H3. The van der Waals surface area contributed by atoms with Gasteiger partial charge in [-0.05, 0) is 48.8 Å². The van der Waals surface area contributed by atoms with E-state index in [1.54, 1.807) is 0 Å². The van der Waals surface area contributed by atoms with Crippen LogP contribution >= 0.6 is 15.9 Å². The van der Waals surface area contributed by atoms with Gasteiger partial charge in [-0.25, -0.2) is 0 Å². The van der Waals surface area contributed by atoms with E-state index in [0.717, 1.165) is 36.1 Å². The topological polar surface area (TPSA) is 37.3 Å². The van der Waals surface area contributed by atoms with Crippen LogP contribution in [0.3, 0.4) is 0 Å². The van der Waals surface area contributed by atoms with E-state index in [9.17, 15) is 4.79 Å². The van der Waals surface area contributed by atoms with Crippen LogP contribution in [0.4, 0.5) is 0 Å². The molecule has 1 aromatic rings. The van der Waals surface area contributed by atoms with E-state index in [-0.39, 0.29) is 11.4 Å². The molecule has 1 aliphatic heterocycles. The Balaban J connectivity index is 2.06. The zero-order valence-electron chi connectivity index (χ0n) is 11.2. The maximum absolute atomic E-state index is 12.4. The van der Waals surface area contributed by atoms with Gasteiger partial charge in [-0.3, -0.25) is 4.79 Å². The van der Waals surface area contributed by atoms with Crippen molar-refractivity contribution in [2.45, 2.75) is 25.3 Å². The molecule has 1 saturated heterocycles. The average molecular weight is 314 g/mol. The summed E-state index contributed by atoms with van der Waals surface area (Å²) in [4.78, 5) is 14.3. The van der Waals surface area contributed by atoms with E-state index in [4.69, 9.17) is 0 Å². The molecular weight excluding hydrogens is 294 g/mol. The third kappa shape index (κ3) is 2.62. The molecule has 0 saturated carbocycles. The number of hydrogen-bond acceptors (Lipinski definition) is 2. The zero-order valence-corrected chi connectivity index (χ0v) is 12.7. The fraction of sp³-hybridized carbons (Fsp3) is 0.615. The Kier molecular flexibility index (Phi) is 3.82. The number of rotatable bonds is 2. The number of nitrogens with zero attached hydrogens (tertiary/aromatic N) is 2. The van der Waals surface area contributed by atoms with Gasteiger partial charge in [0.1, 0.15) is 5.69 Å². The molecule has 0 spiro atoms. The molecule has 1 fully saturated rings. The van der Waals surface area contributed by atoms with Crippen LogP contribution < -0.4 is 5.32 Å². The summed E-state index contributed by atoms with van der Waals surface area (Å²) in [6, 6.07) is 1.88. The average Bonchev–Trinajstić information content (AvgIpc) is 2.69. The number of carbonyl (C=O) groups is 1. The van der Waals surface area contributed by atoms with Gasteiger partial charge >= 0.3 is 0 Å². The molecule has 0 atom stereocenters. The number of aromatic nitrogens is 1. The Morgan fingerprint density at radius 1 is 1.44 bits per heavy atom. The summed E-state index contributed by atoms with van der Waals surface area (Å²) in [5.74, 6) is 0.126. The molecule has 4 nitrogen and oxygen atoms in total. The van der Waals surface area contributed by atoms with E-state index < -0.39 is 0 Å². The van der Waals surface area contributed by atoms with Crippen molar-refractivity contribution in [3.8, 4) is 0 Å². The van der Waals surface area contributed by atoms with Crippen molar-refractivity contribution in [2.75, 3.05) is 20.1 Å². The lowest BCUT2D eigenvalue weighted by atomic mass is 9.90. The van der Waals surface area contributed by atoms with Crippen molar-refractivity contribution >= 4 is 21.8 Å². The van der Waals surface area contributed by atoms with E-state index in [1.807, 2.05) is 35.8 Å². The molecule has 0 aromatic carbocycles. The SMILES string of the molecule is CNC1(C)CCN(C(=O)c2cc(Br)cn2C)CC1. The van der Waals surface area contributed by atoms with Gasteiger partial charge in [0.05, 0.1) is 0 Å². The van der Waals surface area contributed by atoms with Crippen LogP contribution in [-0.2, 0) is 7.05 Å². The summed E-state index contributed by atoms with van der Waals surface area (Å²) in [6.07, 6.45) is 3.91. The Morgan fingerprint density at radius 3 is 2.50 bits per heavy atom. The maximum Gasteiger partial charge on any atom is 0.270 e. The first-order chi connectivity index (χ1) is 8.45. The van der Waals surface area contributed by atoms with Gasteiger partial charge in [0.15, 0.2) is 0 Å². The lowest BCUT2D eigenvalue weighted by Crippen LogP contribution is -2.51. The quantitative estimate of drug-likeness (QED) is 0.907. The van der Waals surface area contributed by atoms with E-state index in [0.29, 0.717) is 0 Å². The molecule has 1 amide bonds. The first-order valence-electron chi connectivity index (χ1n) is 6.25. The van der Waals surface area contributed by atoms with Crippen molar-refractivity contribution in [3.63, 3.8) is 0 Å². The maximum atomic E-state index is 12.4. The summed E-state index contributed by atoms with van der Waals surface area (Å²) in [5.41, 5.74) is 0.918. The number of likely N-dealkylation sites (tertiary alicyclic amines) is 1. The fourth-order valence-electron chi connectivity index (χ4n) is 2.35. The first-order valence-corrected chi connectivity index (χ1v) is 7.04. The molecule has 0 aliphatic carbocycles. The number of hydrogen-bond donors (Lipinski definition) is 1. The molecular formula is C13H20BrN3O. The molecule has 0 radical (unpaired) electrons. The summed E-state index contributed by atoms with van der Waals surface area (Å²) < 4.78 is 2.82. The molecule has 5 heteroatoms. The lowest BCUT2D eigenvalue weighted by Gasteiger charge is -2.39. The van der Waals surface area contributed by atoms with Gasteiger partial charge < -0.3 is 14.8 Å². The van der Waals surface area contributed by atoms with Gasteiger partial charge in [0.25, 0.3) is 5.91 Å². The largest absolute Gasteiger partial charge is 0.345 e. The van der Waals surface area contributed by atoms with Crippen molar-refractivity contribution in [1.82, 2.24) is 14.8 Å². The molecule has 18 heavy (non-hydrogen) atoms. The minimum Gasteiger partial charge on any atom is -0.345 e. The zero-order chi connectivity index (χ0) is 13.3. The molecule has 2 heterocycles. The summed E-state index contributed by atoms with van der Waals surface area (Å²) in [6.45, 7) is 3.85. The van der Waals surface area contributed by atoms with E-state index in [2.05, 4.69) is 28.2 Å². The van der Waals surface area contributed by atoms with Crippen LogP contribution in [-0.4, -0.2) is 41.1 Å². The Labute approximate surface area is 116 Å². The Bertz CT molecular complexity index is 447. The summed E-state index contributed by atoms with van der Waals surface area (Å²) >= 11 is 3.40. The predicted octanol–water partition coefficient (Wildman–Crippen LogP) is 2.00. The van der Waals surface area contributed by atoms with Crippen LogP contribution in [0.1, 0.15) is 30.3 Å². The van der Waals surface area contributed by atoms with Gasteiger partial charge in [-0.2, -0.15) is 0 Å². The van der Waals surface area contributed by atoms with Crippen LogP contribution in [0, 0.1) is 0 Å². The Morgan fingerprint density at radius 2 is 2.06 bits per heavy atom. The molecule has 1 aromatic heterocycles. The van der Waals surface area contributed by atoms with Gasteiger partial charge in [0.2, 0.25) is 0 Å². The second-order valence-electron chi connectivity index (χ2n) is 5.26. The molecule has 0 unspecified atom stereocenters. The molecule has 1 N–H and O–H groups in total. The molecule has 2 rings (SSSR count). The van der Waals surface area contributed by atoms with Crippen molar-refractivity contribution < 1.29 is 4.79 Å². The first kappa shape index (κ1) is 13.6. The predicted molar refractivity (Wildman–Crippen MR) is 75.7 cm³/mol. The Hall–Kier alpha value is -0.810. The van der Waals surface area contributed by atoms with Crippen LogP contribution in [0.15, 0.2) is 16.7 Å². The smallest absolute Gasteiger partial charge is 0.270 e.